The number of β-amino-alcohol motifs (C(OH)–C–C–N with tert-alkyl or cyclic N) is 1. The SMILES string of the molecule is CN1CC(C)(O)N(c2cc(C(C)(C)C)c(Cl)nn2)C1=O. The first-order valence-corrected chi connectivity index (χ1v) is 6.73. The Hall–Kier alpha value is -1.40. The van der Waals surface area contributed by atoms with Crippen LogP contribution in [0.25, 0.3) is 0 Å². The predicted octanol–water partition coefficient (Wildman–Crippen LogP) is 2.01. The Morgan fingerprint density at radius 3 is 2.45 bits per heavy atom. The summed E-state index contributed by atoms with van der Waals surface area (Å²) in [6.45, 7) is 7.77. The van der Waals surface area contributed by atoms with Crippen LogP contribution in [0, 0.1) is 0 Å². The maximum Gasteiger partial charge on any atom is 0.328 e. The standard InChI is InChI=1S/C13H19ClN4O2/c1-12(2,3)8-6-9(15-16-10(8)14)18-11(19)17(5)7-13(18,4)20/h6,20H,7H2,1-5H3. The van der Waals surface area contributed by atoms with Crippen molar-refractivity contribution >= 4 is 23.4 Å². The number of hydrogen-bond acceptors (Lipinski definition) is 4. The lowest BCUT2D eigenvalue weighted by atomic mass is 9.88. The van der Waals surface area contributed by atoms with Gasteiger partial charge in [0.1, 0.15) is 0 Å². The third-order valence-corrected chi connectivity index (χ3v) is 3.59. The zero-order valence-electron chi connectivity index (χ0n) is 12.3. The highest BCUT2D eigenvalue weighted by Gasteiger charge is 2.45. The van der Waals surface area contributed by atoms with Crippen molar-refractivity contribution in [3.05, 3.63) is 16.8 Å². The van der Waals surface area contributed by atoms with Crippen LogP contribution in [-0.4, -0.2) is 45.6 Å². The normalized spacial score (nSPS) is 23.6. The van der Waals surface area contributed by atoms with Crippen LogP contribution >= 0.6 is 11.6 Å². The molecule has 0 radical (unpaired) electrons. The lowest BCUT2D eigenvalue weighted by molar-refractivity contribution is 0.0731. The van der Waals surface area contributed by atoms with Gasteiger partial charge in [-0.1, -0.05) is 32.4 Å². The Kier molecular flexibility index (Phi) is 3.42. The van der Waals surface area contributed by atoms with E-state index in [-0.39, 0.29) is 18.0 Å². The Bertz CT molecular complexity index is 554. The predicted molar refractivity (Wildman–Crippen MR) is 76.9 cm³/mol. The fourth-order valence-corrected chi connectivity index (χ4v) is 2.69. The first-order chi connectivity index (χ1) is 9.04. The summed E-state index contributed by atoms with van der Waals surface area (Å²) in [5, 5.41) is 18.5. The summed E-state index contributed by atoms with van der Waals surface area (Å²) in [5.74, 6) is 0.304. The van der Waals surface area contributed by atoms with Gasteiger partial charge in [0.2, 0.25) is 0 Å². The monoisotopic (exact) mass is 298 g/mol. The summed E-state index contributed by atoms with van der Waals surface area (Å²) in [6, 6.07) is 1.40. The highest BCUT2D eigenvalue weighted by atomic mass is 35.5. The fraction of sp³-hybridized carbons (Fsp3) is 0.615. The quantitative estimate of drug-likeness (QED) is 0.861. The molecule has 0 spiro atoms. The molecule has 0 aliphatic carbocycles. The molecule has 2 heterocycles. The van der Waals surface area contributed by atoms with E-state index >= 15 is 0 Å². The highest BCUT2D eigenvalue weighted by molar-refractivity contribution is 6.30. The Morgan fingerprint density at radius 2 is 2.00 bits per heavy atom. The van der Waals surface area contributed by atoms with Crippen molar-refractivity contribution < 1.29 is 9.90 Å². The number of aliphatic hydroxyl groups is 1. The summed E-state index contributed by atoms with van der Waals surface area (Å²) < 4.78 is 0. The minimum atomic E-state index is -1.32. The Morgan fingerprint density at radius 1 is 1.40 bits per heavy atom. The van der Waals surface area contributed by atoms with Crippen molar-refractivity contribution in [1.29, 1.82) is 0 Å². The molecule has 2 rings (SSSR count). The topological polar surface area (TPSA) is 69.6 Å². The van der Waals surface area contributed by atoms with Crippen LogP contribution in [0.5, 0.6) is 0 Å². The van der Waals surface area contributed by atoms with Gasteiger partial charge in [-0.15, -0.1) is 10.2 Å². The molecule has 0 aromatic carbocycles. The molecule has 7 heteroatoms. The number of aromatic nitrogens is 2. The summed E-state index contributed by atoms with van der Waals surface area (Å²) in [7, 11) is 1.63. The van der Waals surface area contributed by atoms with Crippen LogP contribution in [0.4, 0.5) is 10.6 Å². The van der Waals surface area contributed by atoms with Crippen molar-refractivity contribution in [2.24, 2.45) is 0 Å². The number of hydrogen-bond donors (Lipinski definition) is 1. The minimum absolute atomic E-state index is 0.209. The highest BCUT2D eigenvalue weighted by Crippen LogP contribution is 2.33. The molecule has 2 amide bonds. The number of nitrogens with zero attached hydrogens (tertiary/aromatic N) is 4. The van der Waals surface area contributed by atoms with Gasteiger partial charge >= 0.3 is 6.03 Å². The van der Waals surface area contributed by atoms with Gasteiger partial charge < -0.3 is 10.0 Å². The number of urea groups is 1. The molecule has 1 aromatic heterocycles. The molecule has 1 aliphatic rings. The molecule has 20 heavy (non-hydrogen) atoms. The maximum atomic E-state index is 12.2. The lowest BCUT2D eigenvalue weighted by Gasteiger charge is -2.28. The van der Waals surface area contributed by atoms with Gasteiger partial charge in [0.15, 0.2) is 16.7 Å². The van der Waals surface area contributed by atoms with Crippen molar-refractivity contribution in [2.45, 2.75) is 38.8 Å². The number of halogens is 1. The molecular weight excluding hydrogens is 280 g/mol. The van der Waals surface area contributed by atoms with Crippen LogP contribution in [0.2, 0.25) is 5.15 Å². The molecule has 1 fully saturated rings. The molecule has 1 saturated heterocycles. The second kappa shape index (κ2) is 4.56. The van der Waals surface area contributed by atoms with Crippen molar-refractivity contribution in [3.63, 3.8) is 0 Å². The minimum Gasteiger partial charge on any atom is -0.369 e. The van der Waals surface area contributed by atoms with Gasteiger partial charge in [0.25, 0.3) is 0 Å². The summed E-state index contributed by atoms with van der Waals surface area (Å²) in [5.41, 5.74) is -0.770. The maximum absolute atomic E-state index is 12.2. The van der Waals surface area contributed by atoms with Crippen molar-refractivity contribution in [2.75, 3.05) is 18.5 Å². The van der Waals surface area contributed by atoms with E-state index in [2.05, 4.69) is 10.2 Å². The van der Waals surface area contributed by atoms with E-state index in [0.717, 1.165) is 5.56 Å². The van der Waals surface area contributed by atoms with Crippen LogP contribution in [0.1, 0.15) is 33.3 Å². The van der Waals surface area contributed by atoms with Crippen LogP contribution in [-0.2, 0) is 5.41 Å². The molecule has 0 saturated carbocycles. The Labute approximate surface area is 123 Å². The number of amides is 2. The van der Waals surface area contributed by atoms with E-state index in [1.54, 1.807) is 20.0 Å². The first-order valence-electron chi connectivity index (χ1n) is 6.35. The molecule has 1 unspecified atom stereocenters. The number of likely N-dealkylation sites (N-methyl/N-ethyl adjacent to an activating group) is 1. The van der Waals surface area contributed by atoms with Crippen LogP contribution in [0.15, 0.2) is 6.07 Å². The largest absolute Gasteiger partial charge is 0.369 e. The third-order valence-electron chi connectivity index (χ3n) is 3.31. The number of anilines is 1. The van der Waals surface area contributed by atoms with Crippen LogP contribution < -0.4 is 4.90 Å². The van der Waals surface area contributed by atoms with Crippen LogP contribution in [0.3, 0.4) is 0 Å². The molecule has 1 N–H and O–H groups in total. The third kappa shape index (κ3) is 2.45. The lowest BCUT2D eigenvalue weighted by Crippen LogP contribution is -2.45. The summed E-state index contributed by atoms with van der Waals surface area (Å²) in [4.78, 5) is 14.8. The molecule has 6 nitrogen and oxygen atoms in total. The van der Waals surface area contributed by atoms with Gasteiger partial charge in [0.05, 0.1) is 6.54 Å². The van der Waals surface area contributed by atoms with Gasteiger partial charge in [-0.05, 0) is 18.4 Å². The van der Waals surface area contributed by atoms with E-state index in [9.17, 15) is 9.90 Å². The van der Waals surface area contributed by atoms with Gasteiger partial charge in [-0.25, -0.2) is 9.69 Å². The van der Waals surface area contributed by atoms with Gasteiger partial charge in [-0.2, -0.15) is 0 Å². The average Bonchev–Trinajstić information content (AvgIpc) is 2.48. The molecular formula is C13H19ClN4O2. The zero-order chi connectivity index (χ0) is 15.3. The van der Waals surface area contributed by atoms with Gasteiger partial charge in [0, 0.05) is 12.6 Å². The number of carbonyl (C=O) groups excluding carboxylic acids is 1. The second-order valence-electron chi connectivity index (χ2n) is 6.35. The first kappa shape index (κ1) is 15.0. The van der Waals surface area contributed by atoms with Crippen molar-refractivity contribution in [3.8, 4) is 0 Å². The van der Waals surface area contributed by atoms with E-state index in [1.165, 1.54) is 9.80 Å². The fourth-order valence-electron chi connectivity index (χ4n) is 2.31. The zero-order valence-corrected chi connectivity index (χ0v) is 13.1. The Balaban J connectivity index is 2.51. The van der Waals surface area contributed by atoms with Crippen molar-refractivity contribution in [1.82, 2.24) is 15.1 Å². The van der Waals surface area contributed by atoms with E-state index in [1.807, 2.05) is 20.8 Å². The molecule has 1 aliphatic heterocycles. The average molecular weight is 299 g/mol. The van der Waals surface area contributed by atoms with E-state index < -0.39 is 5.72 Å². The smallest absolute Gasteiger partial charge is 0.328 e. The second-order valence-corrected chi connectivity index (χ2v) is 6.71. The summed E-state index contributed by atoms with van der Waals surface area (Å²) >= 11 is 6.07. The van der Waals surface area contributed by atoms with E-state index in [0.29, 0.717) is 11.0 Å². The molecule has 110 valence electrons. The molecule has 0 bridgehead atoms. The number of rotatable bonds is 1. The molecule has 1 aromatic rings. The van der Waals surface area contributed by atoms with E-state index in [4.69, 9.17) is 11.6 Å². The number of carbonyl (C=O) groups is 1. The molecule has 1 atom stereocenters. The summed E-state index contributed by atoms with van der Waals surface area (Å²) in [6.07, 6.45) is 0. The van der Waals surface area contributed by atoms with Gasteiger partial charge in [-0.3, -0.25) is 0 Å².